The highest BCUT2D eigenvalue weighted by molar-refractivity contribution is 7.89. The second-order valence-electron chi connectivity index (χ2n) is 4.82. The first-order chi connectivity index (χ1) is 10.7. The van der Waals surface area contributed by atoms with E-state index >= 15 is 0 Å². The quantitative estimate of drug-likeness (QED) is 0.670. The molecule has 0 spiro atoms. The fraction of sp³-hybridized carbons (Fsp3) is 0.429. The van der Waals surface area contributed by atoms with Gasteiger partial charge in [0.05, 0.1) is 4.90 Å². The largest absolute Gasteiger partial charge is 0.455 e. The number of esters is 1. The van der Waals surface area contributed by atoms with Crippen molar-refractivity contribution in [2.45, 2.75) is 31.2 Å². The van der Waals surface area contributed by atoms with Gasteiger partial charge in [-0.2, -0.15) is 4.72 Å². The van der Waals surface area contributed by atoms with Crippen LogP contribution in [0.1, 0.15) is 20.3 Å². The zero-order valence-electron chi connectivity index (χ0n) is 12.8. The molecule has 1 amide bonds. The maximum absolute atomic E-state index is 12.8. The van der Waals surface area contributed by atoms with Gasteiger partial charge in [0.1, 0.15) is 12.4 Å². The fourth-order valence-corrected chi connectivity index (χ4v) is 2.44. The summed E-state index contributed by atoms with van der Waals surface area (Å²) in [5.74, 6) is -1.93. The number of sulfonamides is 1. The Kier molecular flexibility index (Phi) is 7.11. The van der Waals surface area contributed by atoms with Gasteiger partial charge in [-0.05, 0) is 37.6 Å². The van der Waals surface area contributed by atoms with Crippen LogP contribution in [0.15, 0.2) is 29.2 Å². The van der Waals surface area contributed by atoms with Crippen molar-refractivity contribution in [3.05, 3.63) is 30.1 Å². The molecule has 9 heteroatoms. The molecule has 128 valence electrons. The van der Waals surface area contributed by atoms with Gasteiger partial charge in [0.15, 0.2) is 6.61 Å². The van der Waals surface area contributed by atoms with E-state index in [0.29, 0.717) is 0 Å². The van der Waals surface area contributed by atoms with E-state index in [2.05, 4.69) is 10.1 Å². The Labute approximate surface area is 134 Å². The maximum atomic E-state index is 12.8. The molecule has 1 aromatic carbocycles. The Morgan fingerprint density at radius 1 is 1.26 bits per heavy atom. The van der Waals surface area contributed by atoms with Gasteiger partial charge in [-0.15, -0.1) is 0 Å². The third kappa shape index (κ3) is 6.74. The molecule has 0 bridgehead atoms. The molecule has 0 radical (unpaired) electrons. The number of rotatable bonds is 8. The van der Waals surface area contributed by atoms with Crippen LogP contribution in [0.3, 0.4) is 0 Å². The molecular formula is C14H19FN2O5S. The molecule has 0 saturated heterocycles. The van der Waals surface area contributed by atoms with E-state index in [1.54, 1.807) is 6.92 Å². The normalized spacial score (nSPS) is 12.5. The highest BCUT2D eigenvalue weighted by Gasteiger charge is 2.17. The number of hydrogen-bond acceptors (Lipinski definition) is 5. The Morgan fingerprint density at radius 3 is 2.43 bits per heavy atom. The highest BCUT2D eigenvalue weighted by atomic mass is 32.2. The van der Waals surface area contributed by atoms with Gasteiger partial charge in [-0.3, -0.25) is 9.59 Å². The predicted molar refractivity (Wildman–Crippen MR) is 80.4 cm³/mol. The van der Waals surface area contributed by atoms with Crippen LogP contribution >= 0.6 is 0 Å². The number of benzene rings is 1. The summed E-state index contributed by atoms with van der Waals surface area (Å²) in [6, 6.07) is 4.09. The summed E-state index contributed by atoms with van der Waals surface area (Å²) in [6.45, 7) is 2.58. The average molecular weight is 346 g/mol. The lowest BCUT2D eigenvalue weighted by Crippen LogP contribution is -2.37. The van der Waals surface area contributed by atoms with Crippen molar-refractivity contribution in [1.82, 2.24) is 10.0 Å². The Morgan fingerprint density at radius 2 is 1.87 bits per heavy atom. The van der Waals surface area contributed by atoms with E-state index in [4.69, 9.17) is 0 Å². The number of hydrogen-bond donors (Lipinski definition) is 2. The number of nitrogens with one attached hydrogen (secondary N) is 2. The minimum atomic E-state index is -3.95. The van der Waals surface area contributed by atoms with E-state index < -0.39 is 40.9 Å². The van der Waals surface area contributed by atoms with E-state index in [0.717, 1.165) is 30.7 Å². The van der Waals surface area contributed by atoms with Gasteiger partial charge in [-0.1, -0.05) is 6.92 Å². The van der Waals surface area contributed by atoms with Crippen LogP contribution in [0.4, 0.5) is 4.39 Å². The monoisotopic (exact) mass is 346 g/mol. The molecule has 0 aromatic heterocycles. The Bertz CT molecular complexity index is 646. The van der Waals surface area contributed by atoms with Crippen molar-refractivity contribution in [1.29, 1.82) is 0 Å². The second kappa shape index (κ2) is 8.59. The summed E-state index contributed by atoms with van der Waals surface area (Å²) < 4.78 is 43.1. The van der Waals surface area contributed by atoms with Crippen molar-refractivity contribution >= 4 is 21.9 Å². The van der Waals surface area contributed by atoms with Crippen LogP contribution < -0.4 is 10.0 Å². The van der Waals surface area contributed by atoms with E-state index in [1.807, 2.05) is 11.6 Å². The Balaban J connectivity index is 2.43. The summed E-state index contributed by atoms with van der Waals surface area (Å²) in [6.07, 6.45) is 0.733. The lowest BCUT2D eigenvalue weighted by atomic mass is 10.2. The number of carbonyl (C=O) groups is 2. The summed E-state index contributed by atoms with van der Waals surface area (Å²) in [5.41, 5.74) is 0. The summed E-state index contributed by atoms with van der Waals surface area (Å²) in [4.78, 5) is 22.7. The minimum absolute atomic E-state index is 0.0434. The SMILES string of the molecule is CC[C@@H](C)NC(=O)COC(=O)CNS(=O)(=O)c1ccc(F)cc1. The van der Waals surface area contributed by atoms with Crippen molar-refractivity contribution in [3.63, 3.8) is 0 Å². The van der Waals surface area contributed by atoms with Crippen LogP contribution in [0.2, 0.25) is 0 Å². The van der Waals surface area contributed by atoms with Crippen LogP contribution in [-0.4, -0.2) is 39.5 Å². The summed E-state index contributed by atoms with van der Waals surface area (Å²) in [5, 5.41) is 2.60. The predicted octanol–water partition coefficient (Wildman–Crippen LogP) is 0.562. The number of halogens is 1. The molecule has 1 atom stereocenters. The second-order valence-corrected chi connectivity index (χ2v) is 6.58. The van der Waals surface area contributed by atoms with Gasteiger partial charge < -0.3 is 10.1 Å². The van der Waals surface area contributed by atoms with Gasteiger partial charge in [-0.25, -0.2) is 12.8 Å². The first-order valence-corrected chi connectivity index (χ1v) is 8.43. The standard InChI is InChI=1S/C14H19FN2O5S/c1-3-10(2)17-13(18)9-22-14(19)8-16-23(20,21)12-6-4-11(15)5-7-12/h4-7,10,16H,3,8-9H2,1-2H3,(H,17,18)/t10-/m1/s1. The smallest absolute Gasteiger partial charge is 0.321 e. The summed E-state index contributed by atoms with van der Waals surface area (Å²) >= 11 is 0. The summed E-state index contributed by atoms with van der Waals surface area (Å²) in [7, 11) is -3.95. The van der Waals surface area contributed by atoms with Crippen molar-refractivity contribution in [2.24, 2.45) is 0 Å². The zero-order chi connectivity index (χ0) is 17.5. The molecule has 0 heterocycles. The first-order valence-electron chi connectivity index (χ1n) is 6.95. The van der Waals surface area contributed by atoms with Gasteiger partial charge in [0, 0.05) is 6.04 Å². The molecule has 2 N–H and O–H groups in total. The number of carbonyl (C=O) groups excluding carboxylic acids is 2. The lowest BCUT2D eigenvalue weighted by Gasteiger charge is -2.11. The molecule has 1 rings (SSSR count). The third-order valence-electron chi connectivity index (χ3n) is 2.91. The first kappa shape index (κ1) is 19.0. The van der Waals surface area contributed by atoms with Crippen LogP contribution in [-0.2, 0) is 24.3 Å². The molecule has 0 aliphatic rings. The lowest BCUT2D eigenvalue weighted by molar-refractivity contribution is -0.147. The van der Waals surface area contributed by atoms with E-state index in [-0.39, 0.29) is 10.9 Å². The van der Waals surface area contributed by atoms with Gasteiger partial charge >= 0.3 is 5.97 Å². The average Bonchev–Trinajstić information content (AvgIpc) is 2.51. The van der Waals surface area contributed by atoms with Crippen molar-refractivity contribution in [3.8, 4) is 0 Å². The van der Waals surface area contributed by atoms with E-state index in [1.165, 1.54) is 0 Å². The minimum Gasteiger partial charge on any atom is -0.455 e. The molecular weight excluding hydrogens is 327 g/mol. The molecule has 1 aromatic rings. The maximum Gasteiger partial charge on any atom is 0.321 e. The number of amides is 1. The van der Waals surface area contributed by atoms with Gasteiger partial charge in [0.2, 0.25) is 10.0 Å². The van der Waals surface area contributed by atoms with Crippen molar-refractivity contribution < 1.29 is 27.1 Å². The van der Waals surface area contributed by atoms with Crippen LogP contribution in [0, 0.1) is 5.82 Å². The number of ether oxygens (including phenoxy) is 1. The molecule has 0 unspecified atom stereocenters. The topological polar surface area (TPSA) is 102 Å². The molecule has 0 fully saturated rings. The van der Waals surface area contributed by atoms with E-state index in [9.17, 15) is 22.4 Å². The highest BCUT2D eigenvalue weighted by Crippen LogP contribution is 2.09. The van der Waals surface area contributed by atoms with Gasteiger partial charge in [0.25, 0.3) is 5.91 Å². The van der Waals surface area contributed by atoms with Crippen LogP contribution in [0.25, 0.3) is 0 Å². The zero-order valence-corrected chi connectivity index (χ0v) is 13.7. The van der Waals surface area contributed by atoms with Crippen molar-refractivity contribution in [2.75, 3.05) is 13.2 Å². The molecule has 0 aliphatic heterocycles. The molecule has 7 nitrogen and oxygen atoms in total. The molecule has 0 saturated carbocycles. The third-order valence-corrected chi connectivity index (χ3v) is 4.33. The van der Waals surface area contributed by atoms with Crippen LogP contribution in [0.5, 0.6) is 0 Å². The molecule has 23 heavy (non-hydrogen) atoms. The Hall–Kier alpha value is -2.00. The fourth-order valence-electron chi connectivity index (χ4n) is 1.47. The molecule has 0 aliphatic carbocycles.